The number of carbonyl (C=O) groups excluding carboxylic acids is 2. The summed E-state index contributed by atoms with van der Waals surface area (Å²) in [5.41, 5.74) is 8.80. The minimum Gasteiger partial charge on any atom is -0.459 e. The maximum Gasteiger partial charge on any atom is 0.291 e. The molecule has 0 saturated heterocycles. The Morgan fingerprint density at radius 3 is 2.52 bits per heavy atom. The average Bonchev–Trinajstić information content (AvgIpc) is 3.22. The van der Waals surface area contributed by atoms with Crippen LogP contribution in [0.2, 0.25) is 0 Å². The van der Waals surface area contributed by atoms with Gasteiger partial charge in [0.1, 0.15) is 5.52 Å². The molecule has 0 bridgehead atoms. The van der Waals surface area contributed by atoms with Crippen LogP contribution in [0.5, 0.6) is 0 Å². The van der Waals surface area contributed by atoms with E-state index in [1.165, 1.54) is 6.26 Å². The van der Waals surface area contributed by atoms with Gasteiger partial charge in [-0.3, -0.25) is 14.6 Å². The first-order valence-corrected chi connectivity index (χ1v) is 8.13. The van der Waals surface area contributed by atoms with Crippen LogP contribution in [0.15, 0.2) is 71.5 Å². The Morgan fingerprint density at radius 2 is 1.81 bits per heavy atom. The Bertz CT molecular complexity index is 1140. The van der Waals surface area contributed by atoms with Crippen LogP contribution in [-0.4, -0.2) is 21.8 Å². The molecule has 0 aliphatic heterocycles. The predicted octanol–water partition coefficient (Wildman–Crippen LogP) is 3.24. The molecule has 0 spiro atoms. The fraction of sp³-hybridized carbons (Fsp3) is 0. The van der Waals surface area contributed by atoms with Crippen LogP contribution in [0.4, 0.5) is 5.69 Å². The number of hydrogen-bond donors (Lipinski definition) is 2. The van der Waals surface area contributed by atoms with Gasteiger partial charge in [-0.25, -0.2) is 4.98 Å². The quantitative estimate of drug-likeness (QED) is 0.582. The summed E-state index contributed by atoms with van der Waals surface area (Å²) < 4.78 is 5.06. The SMILES string of the molecule is NC(=O)c1cccc2ncc(-c3ccc(NC(=O)c4ccco4)cc3)nc12. The second-order valence-corrected chi connectivity index (χ2v) is 5.80. The van der Waals surface area contributed by atoms with Crippen LogP contribution in [0.1, 0.15) is 20.9 Å². The van der Waals surface area contributed by atoms with Gasteiger partial charge in [0.15, 0.2) is 5.76 Å². The summed E-state index contributed by atoms with van der Waals surface area (Å²) in [6, 6.07) is 15.5. The van der Waals surface area contributed by atoms with Crippen LogP contribution in [-0.2, 0) is 0 Å². The number of furan rings is 1. The maximum atomic E-state index is 12.0. The molecule has 2 heterocycles. The third-order valence-corrected chi connectivity index (χ3v) is 4.02. The van der Waals surface area contributed by atoms with Crippen molar-refractivity contribution < 1.29 is 14.0 Å². The molecular formula is C20H14N4O3. The summed E-state index contributed by atoms with van der Waals surface area (Å²) in [7, 11) is 0. The van der Waals surface area contributed by atoms with Crippen LogP contribution in [0.3, 0.4) is 0 Å². The minimum absolute atomic E-state index is 0.235. The number of fused-ring (bicyclic) bond motifs is 1. The van der Waals surface area contributed by atoms with E-state index >= 15 is 0 Å². The first-order chi connectivity index (χ1) is 13.1. The number of para-hydroxylation sites is 1. The Kier molecular flexibility index (Phi) is 4.10. The molecule has 0 aliphatic rings. The zero-order valence-electron chi connectivity index (χ0n) is 14.0. The number of amides is 2. The van der Waals surface area contributed by atoms with Gasteiger partial charge < -0.3 is 15.5 Å². The second-order valence-electron chi connectivity index (χ2n) is 5.80. The van der Waals surface area contributed by atoms with Crippen LogP contribution >= 0.6 is 0 Å². The molecule has 0 radical (unpaired) electrons. The smallest absolute Gasteiger partial charge is 0.291 e. The number of nitrogens with two attached hydrogens (primary N) is 1. The topological polar surface area (TPSA) is 111 Å². The van der Waals surface area contributed by atoms with Crippen molar-refractivity contribution in [3.05, 3.63) is 78.4 Å². The third kappa shape index (κ3) is 3.25. The number of primary amides is 1. The van der Waals surface area contributed by atoms with E-state index in [0.29, 0.717) is 28.0 Å². The van der Waals surface area contributed by atoms with Crippen molar-refractivity contribution in [3.63, 3.8) is 0 Å². The lowest BCUT2D eigenvalue weighted by molar-refractivity contribution is 0.0991. The molecule has 27 heavy (non-hydrogen) atoms. The summed E-state index contributed by atoms with van der Waals surface area (Å²) >= 11 is 0. The molecule has 0 unspecified atom stereocenters. The molecular weight excluding hydrogens is 344 g/mol. The number of carbonyl (C=O) groups is 2. The van der Waals surface area contributed by atoms with Crippen molar-refractivity contribution in [2.45, 2.75) is 0 Å². The molecule has 7 nitrogen and oxygen atoms in total. The molecule has 4 rings (SSSR count). The molecule has 0 aliphatic carbocycles. The molecule has 0 saturated carbocycles. The lowest BCUT2D eigenvalue weighted by Gasteiger charge is -2.07. The number of nitrogens with zero attached hydrogens (tertiary/aromatic N) is 2. The third-order valence-electron chi connectivity index (χ3n) is 4.02. The zero-order valence-corrected chi connectivity index (χ0v) is 14.0. The number of anilines is 1. The van der Waals surface area contributed by atoms with Gasteiger partial charge in [0.05, 0.1) is 29.2 Å². The summed E-state index contributed by atoms with van der Waals surface area (Å²) in [5, 5.41) is 2.75. The van der Waals surface area contributed by atoms with Gasteiger partial charge in [-0.15, -0.1) is 0 Å². The Balaban J connectivity index is 1.63. The van der Waals surface area contributed by atoms with Crippen molar-refractivity contribution in [2.24, 2.45) is 5.73 Å². The highest BCUT2D eigenvalue weighted by atomic mass is 16.3. The molecule has 3 N–H and O–H groups in total. The highest BCUT2D eigenvalue weighted by molar-refractivity contribution is 6.04. The fourth-order valence-electron chi connectivity index (χ4n) is 2.70. The van der Waals surface area contributed by atoms with Crippen molar-refractivity contribution in [1.82, 2.24) is 9.97 Å². The number of rotatable bonds is 4. The van der Waals surface area contributed by atoms with Gasteiger partial charge in [0, 0.05) is 11.3 Å². The van der Waals surface area contributed by atoms with E-state index in [1.54, 1.807) is 60.8 Å². The van der Waals surface area contributed by atoms with Gasteiger partial charge in [0.25, 0.3) is 11.8 Å². The van der Waals surface area contributed by atoms with Crippen LogP contribution in [0.25, 0.3) is 22.3 Å². The van der Waals surface area contributed by atoms with Gasteiger partial charge >= 0.3 is 0 Å². The average molecular weight is 358 g/mol. The fourth-order valence-corrected chi connectivity index (χ4v) is 2.70. The zero-order chi connectivity index (χ0) is 18.8. The second kappa shape index (κ2) is 6.72. The molecule has 2 aromatic heterocycles. The van der Waals surface area contributed by atoms with E-state index < -0.39 is 5.91 Å². The number of hydrogen-bond acceptors (Lipinski definition) is 5. The number of nitrogens with one attached hydrogen (secondary N) is 1. The first kappa shape index (κ1) is 16.5. The van der Waals surface area contributed by atoms with E-state index in [-0.39, 0.29) is 11.7 Å². The largest absolute Gasteiger partial charge is 0.459 e. The van der Waals surface area contributed by atoms with E-state index in [1.807, 2.05) is 0 Å². The van der Waals surface area contributed by atoms with Crippen molar-refractivity contribution >= 4 is 28.5 Å². The lowest BCUT2D eigenvalue weighted by atomic mass is 10.1. The summed E-state index contributed by atoms with van der Waals surface area (Å²) in [5.74, 6) is -0.647. The normalized spacial score (nSPS) is 10.7. The monoisotopic (exact) mass is 358 g/mol. The van der Waals surface area contributed by atoms with E-state index in [9.17, 15) is 9.59 Å². The van der Waals surface area contributed by atoms with E-state index in [4.69, 9.17) is 10.2 Å². The van der Waals surface area contributed by atoms with E-state index in [0.717, 1.165) is 5.56 Å². The summed E-state index contributed by atoms with van der Waals surface area (Å²) in [4.78, 5) is 32.5. The highest BCUT2D eigenvalue weighted by Crippen LogP contribution is 2.23. The summed E-state index contributed by atoms with van der Waals surface area (Å²) in [6.07, 6.45) is 3.07. The maximum absolute atomic E-state index is 12.0. The Labute approximate surface area is 153 Å². The molecule has 0 atom stereocenters. The van der Waals surface area contributed by atoms with Crippen molar-refractivity contribution in [2.75, 3.05) is 5.32 Å². The first-order valence-electron chi connectivity index (χ1n) is 8.13. The molecule has 2 aromatic carbocycles. The minimum atomic E-state index is -0.553. The van der Waals surface area contributed by atoms with Gasteiger partial charge in [0.2, 0.25) is 0 Å². The van der Waals surface area contributed by atoms with Crippen molar-refractivity contribution in [1.29, 1.82) is 0 Å². The van der Waals surface area contributed by atoms with Crippen molar-refractivity contribution in [3.8, 4) is 11.3 Å². The van der Waals surface area contributed by atoms with Crippen LogP contribution < -0.4 is 11.1 Å². The van der Waals surface area contributed by atoms with Gasteiger partial charge in [-0.2, -0.15) is 0 Å². The van der Waals surface area contributed by atoms with Gasteiger partial charge in [-0.1, -0.05) is 18.2 Å². The molecule has 2 amide bonds. The Hall–Kier alpha value is -4.00. The number of aromatic nitrogens is 2. The number of benzene rings is 2. The standard InChI is InChI=1S/C20H14N4O3/c21-19(25)14-3-1-4-15-18(14)24-16(11-22-15)12-6-8-13(9-7-12)23-20(26)17-5-2-10-27-17/h1-11H,(H2,21,25)(H,23,26). The van der Waals surface area contributed by atoms with Gasteiger partial charge in [-0.05, 0) is 36.4 Å². The molecule has 0 fully saturated rings. The lowest BCUT2D eigenvalue weighted by Crippen LogP contribution is -2.12. The summed E-state index contributed by atoms with van der Waals surface area (Å²) in [6.45, 7) is 0. The highest BCUT2D eigenvalue weighted by Gasteiger charge is 2.11. The molecule has 132 valence electrons. The van der Waals surface area contributed by atoms with Crippen LogP contribution in [0, 0.1) is 0 Å². The van der Waals surface area contributed by atoms with E-state index in [2.05, 4.69) is 15.3 Å². The molecule has 4 aromatic rings. The Morgan fingerprint density at radius 1 is 1.00 bits per heavy atom. The predicted molar refractivity (Wildman–Crippen MR) is 100 cm³/mol. The molecule has 7 heteroatoms.